The number of anilines is 1. The lowest BCUT2D eigenvalue weighted by molar-refractivity contribution is -0.139. The van der Waals surface area contributed by atoms with Gasteiger partial charge in [0.05, 0.1) is 50.6 Å². The van der Waals surface area contributed by atoms with Gasteiger partial charge < -0.3 is 24.1 Å². The van der Waals surface area contributed by atoms with Crippen molar-refractivity contribution in [3.63, 3.8) is 0 Å². The van der Waals surface area contributed by atoms with E-state index in [1.54, 1.807) is 23.3 Å². The Labute approximate surface area is 179 Å². The molecule has 0 spiro atoms. The van der Waals surface area contributed by atoms with Gasteiger partial charge in [-0.3, -0.25) is 4.90 Å². The van der Waals surface area contributed by atoms with Crippen LogP contribution in [0.15, 0.2) is 53.9 Å². The van der Waals surface area contributed by atoms with Crippen LogP contribution in [0.4, 0.5) is 5.69 Å². The van der Waals surface area contributed by atoms with Gasteiger partial charge in [0.1, 0.15) is 11.5 Å². The summed E-state index contributed by atoms with van der Waals surface area (Å²) >= 11 is 0. The van der Waals surface area contributed by atoms with Crippen molar-refractivity contribution in [2.45, 2.75) is 6.54 Å². The number of allylic oxidation sites excluding steroid dienone is 2. The molecular weight excluding hydrogens is 400 g/mol. The molecule has 0 amide bonds. The third kappa shape index (κ3) is 4.37. The molecule has 0 radical (unpaired) electrons. The second-order valence-electron chi connectivity index (χ2n) is 7.09. The van der Waals surface area contributed by atoms with Gasteiger partial charge >= 0.3 is 11.9 Å². The number of imidazole rings is 1. The van der Waals surface area contributed by atoms with Crippen LogP contribution < -0.4 is 4.90 Å². The maximum atomic E-state index is 12.6. The Morgan fingerprint density at radius 2 is 1.90 bits per heavy atom. The minimum Gasteiger partial charge on any atom is -0.465 e. The number of aromatic nitrogens is 2. The topological polar surface area (TPSA) is 97.0 Å². The number of nitrogens with one attached hydrogen (secondary N) is 1. The van der Waals surface area contributed by atoms with Crippen LogP contribution in [0.5, 0.6) is 0 Å². The molecule has 31 heavy (non-hydrogen) atoms. The highest BCUT2D eigenvalue weighted by Gasteiger charge is 2.27. The molecule has 1 aromatic heterocycles. The molecule has 1 saturated heterocycles. The Morgan fingerprint density at radius 3 is 2.65 bits per heavy atom. The van der Waals surface area contributed by atoms with Gasteiger partial charge in [-0.2, -0.15) is 0 Å². The molecule has 2 aliphatic rings. The highest BCUT2D eigenvalue weighted by Crippen LogP contribution is 2.28. The van der Waals surface area contributed by atoms with Gasteiger partial charge in [-0.15, -0.1) is 0 Å². The second kappa shape index (κ2) is 9.15. The van der Waals surface area contributed by atoms with Crippen molar-refractivity contribution in [3.05, 3.63) is 59.7 Å². The largest absolute Gasteiger partial charge is 0.465 e. The zero-order chi connectivity index (χ0) is 21.8. The highest BCUT2D eigenvalue weighted by atomic mass is 16.5. The smallest absolute Gasteiger partial charge is 0.355 e. The number of rotatable bonds is 5. The Bertz CT molecular complexity index is 1080. The van der Waals surface area contributed by atoms with E-state index in [9.17, 15) is 9.59 Å². The standard InChI is InChI=1S/C22H24N4O5/c1-29-21(27)16-5-3-4-8-26(20(16)22(28)30-2)15-6-7-17-18(13-15)24-19(23-17)14-25-9-11-31-12-10-25/h3-8,13H,9-12,14H2,1-2H3,(H,23,24). The Morgan fingerprint density at radius 1 is 1.13 bits per heavy atom. The summed E-state index contributed by atoms with van der Waals surface area (Å²) in [6, 6.07) is 5.61. The van der Waals surface area contributed by atoms with Crippen molar-refractivity contribution in [2.24, 2.45) is 0 Å². The Balaban J connectivity index is 1.70. The van der Waals surface area contributed by atoms with E-state index in [1.165, 1.54) is 20.3 Å². The van der Waals surface area contributed by atoms with Gasteiger partial charge in [-0.05, 0) is 30.4 Å². The van der Waals surface area contributed by atoms with Crippen molar-refractivity contribution in [1.82, 2.24) is 14.9 Å². The average Bonchev–Trinajstić information content (AvgIpc) is 3.06. The van der Waals surface area contributed by atoms with Crippen LogP contribution >= 0.6 is 0 Å². The SMILES string of the molecule is COC(=O)C1=C(C(=O)OC)N(c2ccc3nc(CN4CCOCC4)[nH]c3c2)C=CC=C1. The number of nitrogens with zero attached hydrogens (tertiary/aromatic N) is 3. The molecule has 2 aliphatic heterocycles. The summed E-state index contributed by atoms with van der Waals surface area (Å²) in [7, 11) is 2.55. The van der Waals surface area contributed by atoms with E-state index in [2.05, 4.69) is 14.9 Å². The lowest BCUT2D eigenvalue weighted by Gasteiger charge is -2.25. The molecule has 1 N–H and O–H groups in total. The second-order valence-corrected chi connectivity index (χ2v) is 7.09. The summed E-state index contributed by atoms with van der Waals surface area (Å²) in [6.45, 7) is 3.91. The lowest BCUT2D eigenvalue weighted by atomic mass is 10.1. The quantitative estimate of drug-likeness (QED) is 0.727. The number of hydrogen-bond donors (Lipinski definition) is 1. The number of methoxy groups -OCH3 is 2. The Hall–Kier alpha value is -3.43. The summed E-state index contributed by atoms with van der Waals surface area (Å²) in [6.07, 6.45) is 6.64. The van der Waals surface area contributed by atoms with Crippen LogP contribution in [0.25, 0.3) is 11.0 Å². The predicted molar refractivity (Wildman–Crippen MR) is 114 cm³/mol. The number of ether oxygens (including phenoxy) is 3. The summed E-state index contributed by atoms with van der Waals surface area (Å²) in [5.41, 5.74) is 2.51. The summed E-state index contributed by atoms with van der Waals surface area (Å²) < 4.78 is 15.2. The fourth-order valence-electron chi connectivity index (χ4n) is 3.61. The number of fused-ring (bicyclic) bond motifs is 1. The van der Waals surface area contributed by atoms with Crippen molar-refractivity contribution >= 4 is 28.7 Å². The molecule has 1 fully saturated rings. The van der Waals surface area contributed by atoms with Gasteiger partial charge in [0.15, 0.2) is 0 Å². The van der Waals surface area contributed by atoms with E-state index >= 15 is 0 Å². The number of carbonyl (C=O) groups excluding carboxylic acids is 2. The molecule has 0 bridgehead atoms. The van der Waals surface area contributed by atoms with Crippen LogP contribution in [-0.4, -0.2) is 67.3 Å². The molecule has 0 atom stereocenters. The summed E-state index contributed by atoms with van der Waals surface area (Å²) in [4.78, 5) is 36.8. The van der Waals surface area contributed by atoms with E-state index in [4.69, 9.17) is 14.2 Å². The minimum atomic E-state index is -0.644. The highest BCUT2D eigenvalue weighted by molar-refractivity contribution is 6.05. The number of morpholine rings is 1. The van der Waals surface area contributed by atoms with Gasteiger partial charge in [-0.25, -0.2) is 14.6 Å². The molecular formula is C22H24N4O5. The monoisotopic (exact) mass is 424 g/mol. The molecule has 1 aromatic carbocycles. The first-order valence-electron chi connectivity index (χ1n) is 9.94. The zero-order valence-corrected chi connectivity index (χ0v) is 17.5. The summed E-state index contributed by atoms with van der Waals surface area (Å²) in [5, 5.41) is 0. The molecule has 3 heterocycles. The predicted octanol–water partition coefficient (Wildman–Crippen LogP) is 1.89. The van der Waals surface area contributed by atoms with Crippen molar-refractivity contribution < 1.29 is 23.8 Å². The van der Waals surface area contributed by atoms with Gasteiger partial charge in [0.25, 0.3) is 0 Å². The van der Waals surface area contributed by atoms with Crippen LogP contribution in [-0.2, 0) is 30.3 Å². The first-order chi connectivity index (χ1) is 15.1. The number of carbonyl (C=O) groups is 2. The first kappa shape index (κ1) is 20.8. The molecule has 162 valence electrons. The van der Waals surface area contributed by atoms with E-state index < -0.39 is 11.9 Å². The fourth-order valence-corrected chi connectivity index (χ4v) is 3.61. The third-order valence-electron chi connectivity index (χ3n) is 5.16. The van der Waals surface area contributed by atoms with Crippen molar-refractivity contribution in [1.29, 1.82) is 0 Å². The number of H-pyrrole nitrogens is 1. The van der Waals surface area contributed by atoms with Crippen LogP contribution in [0.1, 0.15) is 5.82 Å². The van der Waals surface area contributed by atoms with E-state index in [0.29, 0.717) is 12.2 Å². The van der Waals surface area contributed by atoms with Crippen LogP contribution in [0, 0.1) is 0 Å². The van der Waals surface area contributed by atoms with Gasteiger partial charge in [0.2, 0.25) is 0 Å². The molecule has 9 heteroatoms. The average molecular weight is 424 g/mol. The lowest BCUT2D eigenvalue weighted by Crippen LogP contribution is -2.35. The number of hydrogen-bond acceptors (Lipinski definition) is 8. The number of esters is 2. The summed E-state index contributed by atoms with van der Waals surface area (Å²) in [5.74, 6) is -0.406. The van der Waals surface area contributed by atoms with Crippen LogP contribution in [0.2, 0.25) is 0 Å². The fraction of sp³-hybridized carbons (Fsp3) is 0.318. The molecule has 0 saturated carbocycles. The molecule has 9 nitrogen and oxygen atoms in total. The number of benzene rings is 1. The van der Waals surface area contributed by atoms with Crippen molar-refractivity contribution in [2.75, 3.05) is 45.4 Å². The van der Waals surface area contributed by atoms with E-state index in [-0.39, 0.29) is 11.3 Å². The first-order valence-corrected chi connectivity index (χ1v) is 9.94. The maximum Gasteiger partial charge on any atom is 0.355 e. The minimum absolute atomic E-state index is 0.0757. The van der Waals surface area contributed by atoms with Crippen LogP contribution in [0.3, 0.4) is 0 Å². The molecule has 4 rings (SSSR count). The van der Waals surface area contributed by atoms with E-state index in [1.807, 2.05) is 18.2 Å². The third-order valence-corrected chi connectivity index (χ3v) is 5.16. The van der Waals surface area contributed by atoms with Gasteiger partial charge in [-0.1, -0.05) is 6.08 Å². The van der Waals surface area contributed by atoms with Gasteiger partial charge in [0, 0.05) is 25.0 Å². The molecule has 2 aromatic rings. The maximum absolute atomic E-state index is 12.6. The molecule has 0 aliphatic carbocycles. The van der Waals surface area contributed by atoms with E-state index in [0.717, 1.165) is 43.2 Å². The zero-order valence-electron chi connectivity index (χ0n) is 17.5. The van der Waals surface area contributed by atoms with Crippen molar-refractivity contribution in [3.8, 4) is 0 Å². The number of aromatic amines is 1. The normalized spacial score (nSPS) is 17.2. The Kier molecular flexibility index (Phi) is 6.15. The molecule has 0 unspecified atom stereocenters.